The molecule has 1 N–H and O–H groups in total. The maximum Gasteiger partial charge on any atom is 0.128 e. The first-order chi connectivity index (χ1) is 9.62. The second-order valence-electron chi connectivity index (χ2n) is 4.90. The summed E-state index contributed by atoms with van der Waals surface area (Å²) in [5, 5.41) is 8.66. The largest absolute Gasteiger partial charge is 0.395 e. The molecule has 0 aliphatic rings. The Bertz CT molecular complexity index is 476. The molecule has 0 bridgehead atoms. The third-order valence-corrected chi connectivity index (χ3v) is 3.52. The van der Waals surface area contributed by atoms with Crippen LogP contribution in [0.25, 0.3) is 0 Å². The van der Waals surface area contributed by atoms with Crippen molar-refractivity contribution in [1.82, 2.24) is 4.90 Å². The van der Waals surface area contributed by atoms with Gasteiger partial charge in [-0.05, 0) is 32.0 Å². The molecular formula is C17H24FNO. The molecule has 0 saturated heterocycles. The van der Waals surface area contributed by atoms with Crippen molar-refractivity contribution < 1.29 is 9.50 Å². The fraction of sp³-hybridized carbons (Fsp3) is 0.529. The van der Waals surface area contributed by atoms with Gasteiger partial charge in [0.05, 0.1) is 6.61 Å². The molecular weight excluding hydrogens is 253 g/mol. The fourth-order valence-corrected chi connectivity index (χ4v) is 2.03. The SMILES string of the molecule is CCC(C)N(CC)Cc1ccc(C#CCCO)cc1F. The molecule has 1 unspecified atom stereocenters. The number of rotatable bonds is 6. The van der Waals surface area contributed by atoms with Gasteiger partial charge in [-0.3, -0.25) is 4.90 Å². The molecule has 1 atom stereocenters. The van der Waals surface area contributed by atoms with Crippen molar-refractivity contribution in [3.8, 4) is 11.8 Å². The number of halogens is 1. The molecule has 1 aromatic carbocycles. The standard InChI is InChI=1S/C17H24FNO/c1-4-14(3)19(5-2)13-16-10-9-15(12-17(16)18)8-6-7-11-20/h9-10,12,14,20H,4-5,7,11,13H2,1-3H3. The van der Waals surface area contributed by atoms with Gasteiger partial charge in [0.1, 0.15) is 5.82 Å². The summed E-state index contributed by atoms with van der Waals surface area (Å²) < 4.78 is 14.1. The fourth-order valence-electron chi connectivity index (χ4n) is 2.03. The second kappa shape index (κ2) is 8.73. The van der Waals surface area contributed by atoms with Crippen LogP contribution in [0.3, 0.4) is 0 Å². The summed E-state index contributed by atoms with van der Waals surface area (Å²) in [6, 6.07) is 5.57. The maximum absolute atomic E-state index is 14.1. The number of benzene rings is 1. The van der Waals surface area contributed by atoms with Crippen molar-refractivity contribution in [3.63, 3.8) is 0 Å². The Labute approximate surface area is 121 Å². The summed E-state index contributed by atoms with van der Waals surface area (Å²) in [6.45, 7) is 7.97. The van der Waals surface area contributed by atoms with Crippen molar-refractivity contribution in [3.05, 3.63) is 35.1 Å². The zero-order chi connectivity index (χ0) is 15.0. The summed E-state index contributed by atoms with van der Waals surface area (Å²) in [6.07, 6.45) is 1.47. The molecule has 2 nitrogen and oxygen atoms in total. The van der Waals surface area contributed by atoms with Crippen LogP contribution >= 0.6 is 0 Å². The number of hydrogen-bond donors (Lipinski definition) is 1. The van der Waals surface area contributed by atoms with E-state index in [-0.39, 0.29) is 12.4 Å². The van der Waals surface area contributed by atoms with E-state index in [1.54, 1.807) is 0 Å². The van der Waals surface area contributed by atoms with E-state index in [1.807, 2.05) is 12.1 Å². The average molecular weight is 277 g/mol. The Kier molecular flexibility index (Phi) is 7.28. The molecule has 0 aliphatic heterocycles. The molecule has 1 rings (SSSR count). The van der Waals surface area contributed by atoms with Crippen LogP contribution in [0.15, 0.2) is 18.2 Å². The summed E-state index contributed by atoms with van der Waals surface area (Å²) in [5.74, 6) is 5.45. The van der Waals surface area contributed by atoms with Gasteiger partial charge in [-0.15, -0.1) is 0 Å². The minimum atomic E-state index is -0.206. The van der Waals surface area contributed by atoms with Crippen LogP contribution in [0.4, 0.5) is 4.39 Å². The Morgan fingerprint density at radius 1 is 1.35 bits per heavy atom. The Balaban J connectivity index is 2.80. The average Bonchev–Trinajstić information content (AvgIpc) is 2.46. The van der Waals surface area contributed by atoms with Crippen molar-refractivity contribution in [2.75, 3.05) is 13.2 Å². The highest BCUT2D eigenvalue weighted by molar-refractivity contribution is 5.37. The quantitative estimate of drug-likeness (QED) is 0.807. The van der Waals surface area contributed by atoms with E-state index in [0.29, 0.717) is 30.1 Å². The molecule has 20 heavy (non-hydrogen) atoms. The minimum absolute atomic E-state index is 0.0356. The first-order valence-corrected chi connectivity index (χ1v) is 7.24. The highest BCUT2D eigenvalue weighted by atomic mass is 19.1. The van der Waals surface area contributed by atoms with E-state index >= 15 is 0 Å². The lowest BCUT2D eigenvalue weighted by molar-refractivity contribution is 0.203. The van der Waals surface area contributed by atoms with E-state index in [4.69, 9.17) is 5.11 Å². The van der Waals surface area contributed by atoms with Gasteiger partial charge in [0, 0.05) is 30.1 Å². The van der Waals surface area contributed by atoms with Crippen LogP contribution in [0.1, 0.15) is 44.7 Å². The van der Waals surface area contributed by atoms with Crippen LogP contribution in [-0.2, 0) is 6.54 Å². The molecule has 1 aromatic rings. The van der Waals surface area contributed by atoms with Gasteiger partial charge in [0.2, 0.25) is 0 Å². The molecule has 0 radical (unpaired) electrons. The number of hydrogen-bond acceptors (Lipinski definition) is 2. The molecule has 0 aromatic heterocycles. The van der Waals surface area contributed by atoms with Crippen LogP contribution < -0.4 is 0 Å². The molecule has 110 valence electrons. The molecule has 0 heterocycles. The summed E-state index contributed by atoms with van der Waals surface area (Å²) in [5.41, 5.74) is 1.37. The van der Waals surface area contributed by atoms with Gasteiger partial charge in [-0.2, -0.15) is 0 Å². The molecule has 0 fully saturated rings. The second-order valence-corrected chi connectivity index (χ2v) is 4.90. The van der Waals surface area contributed by atoms with Crippen LogP contribution in [0, 0.1) is 17.7 Å². The Morgan fingerprint density at radius 3 is 2.65 bits per heavy atom. The van der Waals surface area contributed by atoms with Gasteiger partial charge in [-0.1, -0.05) is 31.8 Å². The zero-order valence-electron chi connectivity index (χ0n) is 12.6. The lowest BCUT2D eigenvalue weighted by Crippen LogP contribution is -2.32. The first-order valence-electron chi connectivity index (χ1n) is 7.24. The van der Waals surface area contributed by atoms with Crippen LogP contribution in [0.2, 0.25) is 0 Å². The number of aliphatic hydroxyl groups excluding tert-OH is 1. The van der Waals surface area contributed by atoms with E-state index in [2.05, 4.69) is 37.5 Å². The minimum Gasteiger partial charge on any atom is -0.395 e. The summed E-state index contributed by atoms with van der Waals surface area (Å²) in [7, 11) is 0. The van der Waals surface area contributed by atoms with Gasteiger partial charge in [0.15, 0.2) is 0 Å². The topological polar surface area (TPSA) is 23.5 Å². The van der Waals surface area contributed by atoms with Crippen molar-refractivity contribution in [2.24, 2.45) is 0 Å². The monoisotopic (exact) mass is 277 g/mol. The van der Waals surface area contributed by atoms with Gasteiger partial charge < -0.3 is 5.11 Å². The lowest BCUT2D eigenvalue weighted by Gasteiger charge is -2.27. The van der Waals surface area contributed by atoms with Crippen molar-refractivity contribution >= 4 is 0 Å². The molecule has 0 spiro atoms. The number of aliphatic hydroxyl groups is 1. The van der Waals surface area contributed by atoms with Gasteiger partial charge in [-0.25, -0.2) is 4.39 Å². The first kappa shape index (κ1) is 16.7. The third kappa shape index (κ3) is 4.96. The van der Waals surface area contributed by atoms with E-state index < -0.39 is 0 Å². The molecule has 3 heteroatoms. The highest BCUT2D eigenvalue weighted by Crippen LogP contribution is 2.15. The van der Waals surface area contributed by atoms with Crippen LogP contribution in [0.5, 0.6) is 0 Å². The Hall–Kier alpha value is -1.37. The smallest absolute Gasteiger partial charge is 0.128 e. The normalized spacial score (nSPS) is 12.1. The predicted octanol–water partition coefficient (Wildman–Crippen LogP) is 3.18. The predicted molar refractivity (Wildman–Crippen MR) is 80.8 cm³/mol. The van der Waals surface area contributed by atoms with E-state index in [9.17, 15) is 4.39 Å². The van der Waals surface area contributed by atoms with Gasteiger partial charge in [0.25, 0.3) is 0 Å². The van der Waals surface area contributed by atoms with Crippen molar-refractivity contribution in [2.45, 2.75) is 46.2 Å². The maximum atomic E-state index is 14.1. The zero-order valence-corrected chi connectivity index (χ0v) is 12.6. The molecule has 0 saturated carbocycles. The lowest BCUT2D eigenvalue weighted by atomic mass is 10.1. The third-order valence-electron chi connectivity index (χ3n) is 3.52. The van der Waals surface area contributed by atoms with Crippen LogP contribution in [-0.4, -0.2) is 29.2 Å². The highest BCUT2D eigenvalue weighted by Gasteiger charge is 2.13. The van der Waals surface area contributed by atoms with E-state index in [0.717, 1.165) is 13.0 Å². The van der Waals surface area contributed by atoms with E-state index in [1.165, 1.54) is 6.07 Å². The molecule has 0 aliphatic carbocycles. The van der Waals surface area contributed by atoms with Crippen molar-refractivity contribution in [1.29, 1.82) is 0 Å². The summed E-state index contributed by atoms with van der Waals surface area (Å²) >= 11 is 0. The number of nitrogens with zero attached hydrogens (tertiary/aromatic N) is 1. The summed E-state index contributed by atoms with van der Waals surface area (Å²) in [4.78, 5) is 2.26. The molecule has 0 amide bonds. The Morgan fingerprint density at radius 2 is 2.10 bits per heavy atom. The van der Waals surface area contributed by atoms with Gasteiger partial charge >= 0.3 is 0 Å².